The van der Waals surface area contributed by atoms with Crippen LogP contribution in [-0.4, -0.2) is 31.6 Å². The first-order valence-electron chi connectivity index (χ1n) is 7.69. The van der Waals surface area contributed by atoms with E-state index in [0.717, 1.165) is 32.1 Å². The number of benzene rings is 1. The van der Waals surface area contributed by atoms with Crippen LogP contribution in [0.1, 0.15) is 55.8 Å². The van der Waals surface area contributed by atoms with Crippen LogP contribution in [-0.2, 0) is 10.0 Å². The lowest BCUT2D eigenvalue weighted by molar-refractivity contribution is 0.0979. The van der Waals surface area contributed by atoms with Gasteiger partial charge in [-0.15, -0.1) is 0 Å². The normalized spacial score (nSPS) is 16.8. The molecule has 0 aliphatic carbocycles. The second-order valence-corrected chi connectivity index (χ2v) is 7.45. The average molecular weight is 309 g/mol. The third kappa shape index (κ3) is 3.92. The number of hydrogen-bond donors (Lipinski definition) is 0. The lowest BCUT2D eigenvalue weighted by atomic mass is 10.1. The molecule has 1 saturated heterocycles. The summed E-state index contributed by atoms with van der Waals surface area (Å²) in [6, 6.07) is 6.38. The highest BCUT2D eigenvalue weighted by Crippen LogP contribution is 2.21. The lowest BCUT2D eigenvalue weighted by Crippen LogP contribution is -2.35. The number of Topliss-reactive ketones (excluding diaryl/α,β-unsaturated/α-hetero) is 1. The van der Waals surface area contributed by atoms with E-state index in [1.165, 1.54) is 0 Å². The first-order valence-corrected chi connectivity index (χ1v) is 9.13. The molecular weight excluding hydrogens is 286 g/mol. The summed E-state index contributed by atoms with van der Waals surface area (Å²) >= 11 is 0. The molecule has 0 amide bonds. The highest BCUT2D eigenvalue weighted by molar-refractivity contribution is 7.89. The summed E-state index contributed by atoms with van der Waals surface area (Å²) in [6.07, 6.45) is 5.31. The van der Waals surface area contributed by atoms with E-state index in [1.54, 1.807) is 28.6 Å². The van der Waals surface area contributed by atoms with Crippen LogP contribution >= 0.6 is 0 Å². The van der Waals surface area contributed by atoms with Gasteiger partial charge in [0.2, 0.25) is 10.0 Å². The number of carbonyl (C=O) groups is 1. The summed E-state index contributed by atoms with van der Waals surface area (Å²) in [5.74, 6) is 0.0822. The van der Waals surface area contributed by atoms with Gasteiger partial charge in [-0.2, -0.15) is 4.31 Å². The number of piperidine rings is 1. The molecule has 4 nitrogen and oxygen atoms in total. The van der Waals surface area contributed by atoms with E-state index in [4.69, 9.17) is 0 Å². The van der Waals surface area contributed by atoms with Gasteiger partial charge in [0.05, 0.1) is 4.90 Å². The quantitative estimate of drug-likeness (QED) is 0.758. The standard InChI is InChI=1S/C16H23NO3S/c1-2-3-7-16(18)14-8-10-15(11-9-14)21(19,20)17-12-5-4-6-13-17/h8-11H,2-7,12-13H2,1H3. The number of rotatable bonds is 6. The van der Waals surface area contributed by atoms with Crippen molar-refractivity contribution in [2.45, 2.75) is 50.3 Å². The number of sulfonamides is 1. The predicted molar refractivity (Wildman–Crippen MR) is 82.9 cm³/mol. The van der Waals surface area contributed by atoms with E-state index in [1.807, 2.05) is 6.92 Å². The van der Waals surface area contributed by atoms with E-state index < -0.39 is 10.0 Å². The van der Waals surface area contributed by atoms with Gasteiger partial charge in [-0.25, -0.2) is 8.42 Å². The monoisotopic (exact) mass is 309 g/mol. The Morgan fingerprint density at radius 1 is 1.10 bits per heavy atom. The van der Waals surface area contributed by atoms with Gasteiger partial charge in [0.15, 0.2) is 5.78 Å². The number of unbranched alkanes of at least 4 members (excludes halogenated alkanes) is 1. The molecule has 0 bridgehead atoms. The van der Waals surface area contributed by atoms with Gasteiger partial charge >= 0.3 is 0 Å². The minimum Gasteiger partial charge on any atom is -0.294 e. The molecule has 0 radical (unpaired) electrons. The maximum Gasteiger partial charge on any atom is 0.243 e. The van der Waals surface area contributed by atoms with Crippen molar-refractivity contribution >= 4 is 15.8 Å². The summed E-state index contributed by atoms with van der Waals surface area (Å²) in [5.41, 5.74) is 0.598. The molecule has 5 heteroatoms. The summed E-state index contributed by atoms with van der Waals surface area (Å²) in [5, 5.41) is 0. The summed E-state index contributed by atoms with van der Waals surface area (Å²) in [4.78, 5) is 12.2. The maximum absolute atomic E-state index is 12.5. The van der Waals surface area contributed by atoms with Crippen molar-refractivity contribution in [1.82, 2.24) is 4.31 Å². The van der Waals surface area contributed by atoms with Gasteiger partial charge in [0, 0.05) is 25.1 Å². The van der Waals surface area contributed by atoms with Gasteiger partial charge < -0.3 is 0 Å². The molecule has 2 rings (SSSR count). The zero-order valence-electron chi connectivity index (χ0n) is 12.5. The lowest BCUT2D eigenvalue weighted by Gasteiger charge is -2.25. The van der Waals surface area contributed by atoms with Gasteiger partial charge in [-0.1, -0.05) is 31.9 Å². The fourth-order valence-corrected chi connectivity index (χ4v) is 4.07. The smallest absolute Gasteiger partial charge is 0.243 e. The van der Waals surface area contributed by atoms with Crippen LogP contribution in [0, 0.1) is 0 Å². The van der Waals surface area contributed by atoms with Crippen LogP contribution < -0.4 is 0 Å². The van der Waals surface area contributed by atoms with Gasteiger partial charge in [0.1, 0.15) is 0 Å². The summed E-state index contributed by atoms with van der Waals surface area (Å²) in [7, 11) is -3.40. The predicted octanol–water partition coefficient (Wildman–Crippen LogP) is 3.23. The average Bonchev–Trinajstić information content (AvgIpc) is 2.53. The summed E-state index contributed by atoms with van der Waals surface area (Å²) < 4.78 is 26.5. The molecular formula is C16H23NO3S. The van der Waals surface area contributed by atoms with Gasteiger partial charge in [0.25, 0.3) is 0 Å². The van der Waals surface area contributed by atoms with Gasteiger partial charge in [-0.05, 0) is 31.4 Å². The van der Waals surface area contributed by atoms with Crippen LogP contribution in [0.3, 0.4) is 0 Å². The van der Waals surface area contributed by atoms with Crippen molar-refractivity contribution < 1.29 is 13.2 Å². The molecule has 1 aliphatic rings. The molecule has 0 N–H and O–H groups in total. The molecule has 1 aliphatic heterocycles. The molecule has 1 fully saturated rings. The van der Waals surface area contributed by atoms with E-state index in [-0.39, 0.29) is 10.7 Å². The van der Waals surface area contributed by atoms with E-state index in [9.17, 15) is 13.2 Å². The van der Waals surface area contributed by atoms with Crippen molar-refractivity contribution in [3.63, 3.8) is 0 Å². The Balaban J connectivity index is 2.12. The first-order chi connectivity index (χ1) is 10.1. The molecule has 1 aromatic rings. The number of ketones is 1. The maximum atomic E-state index is 12.5. The molecule has 0 saturated carbocycles. The Bertz CT molecular complexity index is 572. The van der Waals surface area contributed by atoms with Crippen molar-refractivity contribution in [3.8, 4) is 0 Å². The zero-order valence-corrected chi connectivity index (χ0v) is 13.4. The fourth-order valence-electron chi connectivity index (χ4n) is 2.55. The molecule has 1 aromatic carbocycles. The minimum atomic E-state index is -3.40. The number of hydrogen-bond acceptors (Lipinski definition) is 3. The highest BCUT2D eigenvalue weighted by atomic mass is 32.2. The Morgan fingerprint density at radius 2 is 1.71 bits per heavy atom. The zero-order chi connectivity index (χ0) is 15.3. The third-order valence-electron chi connectivity index (χ3n) is 3.89. The van der Waals surface area contributed by atoms with E-state index in [2.05, 4.69) is 0 Å². The molecule has 116 valence electrons. The van der Waals surface area contributed by atoms with E-state index in [0.29, 0.717) is 25.1 Å². The topological polar surface area (TPSA) is 54.5 Å². The fraction of sp³-hybridized carbons (Fsp3) is 0.562. The Labute approximate surface area is 127 Å². The van der Waals surface area contributed by atoms with Crippen molar-refractivity contribution in [2.24, 2.45) is 0 Å². The van der Waals surface area contributed by atoms with Crippen LogP contribution in [0.15, 0.2) is 29.2 Å². The second kappa shape index (κ2) is 7.18. The van der Waals surface area contributed by atoms with Crippen molar-refractivity contribution in [1.29, 1.82) is 0 Å². The van der Waals surface area contributed by atoms with Crippen LogP contribution in [0.25, 0.3) is 0 Å². The van der Waals surface area contributed by atoms with Crippen LogP contribution in [0.4, 0.5) is 0 Å². The minimum absolute atomic E-state index is 0.0822. The Hall–Kier alpha value is -1.20. The number of carbonyl (C=O) groups excluding carboxylic acids is 1. The first kappa shape index (κ1) is 16.2. The molecule has 21 heavy (non-hydrogen) atoms. The van der Waals surface area contributed by atoms with E-state index >= 15 is 0 Å². The van der Waals surface area contributed by atoms with Crippen LogP contribution in [0.5, 0.6) is 0 Å². The SMILES string of the molecule is CCCCC(=O)c1ccc(S(=O)(=O)N2CCCCC2)cc1. The molecule has 0 atom stereocenters. The third-order valence-corrected chi connectivity index (χ3v) is 5.80. The highest BCUT2D eigenvalue weighted by Gasteiger charge is 2.25. The number of nitrogens with zero attached hydrogens (tertiary/aromatic N) is 1. The van der Waals surface area contributed by atoms with Crippen LogP contribution in [0.2, 0.25) is 0 Å². The Kier molecular flexibility index (Phi) is 5.53. The molecule has 0 aromatic heterocycles. The van der Waals surface area contributed by atoms with Crippen molar-refractivity contribution in [2.75, 3.05) is 13.1 Å². The van der Waals surface area contributed by atoms with Gasteiger partial charge in [-0.3, -0.25) is 4.79 Å². The summed E-state index contributed by atoms with van der Waals surface area (Å²) in [6.45, 7) is 3.24. The Morgan fingerprint density at radius 3 is 2.29 bits per heavy atom. The molecule has 1 heterocycles. The largest absolute Gasteiger partial charge is 0.294 e. The van der Waals surface area contributed by atoms with Crippen molar-refractivity contribution in [3.05, 3.63) is 29.8 Å². The molecule has 0 unspecified atom stereocenters. The second-order valence-electron chi connectivity index (χ2n) is 5.52. The molecule has 0 spiro atoms.